The molecular formula is C13H21ClN4O. The maximum absolute atomic E-state index is 5.96. The van der Waals surface area contributed by atoms with Crippen LogP contribution in [0.3, 0.4) is 0 Å². The molecule has 0 heterocycles. The van der Waals surface area contributed by atoms with E-state index in [2.05, 4.69) is 10.4 Å². The van der Waals surface area contributed by atoms with Crippen molar-refractivity contribution in [1.29, 1.82) is 0 Å². The van der Waals surface area contributed by atoms with Gasteiger partial charge < -0.3 is 9.64 Å². The van der Waals surface area contributed by atoms with Crippen molar-refractivity contribution in [3.8, 4) is 0 Å². The Morgan fingerprint density at radius 2 is 2.32 bits per heavy atom. The molecule has 0 amide bonds. The van der Waals surface area contributed by atoms with Crippen LogP contribution in [0.15, 0.2) is 29.3 Å². The van der Waals surface area contributed by atoms with Gasteiger partial charge in [0.15, 0.2) is 0 Å². The number of nitrogens with one attached hydrogen (secondary N) is 1. The minimum atomic E-state index is 0.0397. The highest BCUT2D eigenvalue weighted by atomic mass is 35.5. The lowest BCUT2D eigenvalue weighted by Crippen LogP contribution is -2.43. The van der Waals surface area contributed by atoms with Gasteiger partial charge in [-0.25, -0.2) is 10.8 Å². The Kier molecular flexibility index (Phi) is 6.62. The van der Waals surface area contributed by atoms with Gasteiger partial charge in [-0.3, -0.25) is 5.43 Å². The van der Waals surface area contributed by atoms with Gasteiger partial charge in [-0.05, 0) is 24.6 Å². The van der Waals surface area contributed by atoms with Crippen LogP contribution in [-0.4, -0.2) is 37.7 Å². The highest BCUT2D eigenvalue weighted by Gasteiger charge is 2.08. The molecule has 0 radical (unpaired) electrons. The lowest BCUT2D eigenvalue weighted by atomic mass is 10.2. The lowest BCUT2D eigenvalue weighted by Gasteiger charge is -2.22. The van der Waals surface area contributed by atoms with Crippen molar-refractivity contribution in [2.45, 2.75) is 19.5 Å². The van der Waals surface area contributed by atoms with Crippen molar-refractivity contribution in [3.63, 3.8) is 0 Å². The van der Waals surface area contributed by atoms with Gasteiger partial charge in [-0.1, -0.05) is 23.7 Å². The number of halogens is 1. The van der Waals surface area contributed by atoms with E-state index in [4.69, 9.17) is 22.2 Å². The van der Waals surface area contributed by atoms with Crippen LogP contribution in [0.1, 0.15) is 12.5 Å². The first kappa shape index (κ1) is 15.8. The molecule has 0 aliphatic carbocycles. The quantitative estimate of drug-likeness (QED) is 0.373. The van der Waals surface area contributed by atoms with Gasteiger partial charge in [0.1, 0.15) is 0 Å². The van der Waals surface area contributed by atoms with Crippen LogP contribution in [0.5, 0.6) is 0 Å². The zero-order valence-corrected chi connectivity index (χ0v) is 12.3. The van der Waals surface area contributed by atoms with E-state index >= 15 is 0 Å². The summed E-state index contributed by atoms with van der Waals surface area (Å²) >= 11 is 5.96. The third-order valence-electron chi connectivity index (χ3n) is 2.55. The first-order chi connectivity index (χ1) is 9.06. The molecule has 0 aliphatic heterocycles. The molecule has 1 rings (SSSR count). The number of guanidine groups is 1. The average molecular weight is 285 g/mol. The summed E-state index contributed by atoms with van der Waals surface area (Å²) in [5.74, 6) is 6.13. The van der Waals surface area contributed by atoms with Gasteiger partial charge in [-0.2, -0.15) is 0 Å². The molecule has 106 valence electrons. The zero-order chi connectivity index (χ0) is 14.3. The molecule has 0 saturated carbocycles. The van der Waals surface area contributed by atoms with Crippen molar-refractivity contribution < 1.29 is 4.74 Å². The molecule has 1 aromatic carbocycles. The Morgan fingerprint density at radius 3 is 2.89 bits per heavy atom. The number of rotatable bonds is 5. The van der Waals surface area contributed by atoms with Gasteiger partial charge in [0.05, 0.1) is 12.6 Å². The number of benzene rings is 1. The molecule has 0 bridgehead atoms. The second-order valence-electron chi connectivity index (χ2n) is 4.39. The van der Waals surface area contributed by atoms with Crippen LogP contribution >= 0.6 is 11.6 Å². The number of methoxy groups -OCH3 is 1. The smallest absolute Gasteiger partial charge is 0.208 e. The van der Waals surface area contributed by atoms with E-state index in [1.807, 2.05) is 43.1 Å². The first-order valence-electron chi connectivity index (χ1n) is 6.05. The van der Waals surface area contributed by atoms with Crippen LogP contribution in [0.25, 0.3) is 0 Å². The fourth-order valence-electron chi connectivity index (χ4n) is 1.72. The Balaban J connectivity index is 2.71. The van der Waals surface area contributed by atoms with Crippen LogP contribution in [0.2, 0.25) is 5.02 Å². The number of hydrogen-bond acceptors (Lipinski definition) is 3. The van der Waals surface area contributed by atoms with Gasteiger partial charge in [-0.15, -0.1) is 0 Å². The van der Waals surface area contributed by atoms with Crippen molar-refractivity contribution in [2.75, 3.05) is 20.8 Å². The number of aliphatic imine (C=N–C) groups is 1. The Labute approximate surface area is 119 Å². The first-order valence-corrected chi connectivity index (χ1v) is 6.43. The second kappa shape index (κ2) is 7.99. The van der Waals surface area contributed by atoms with Gasteiger partial charge in [0, 0.05) is 25.7 Å². The largest absolute Gasteiger partial charge is 0.382 e. The second-order valence-corrected chi connectivity index (χ2v) is 4.82. The molecule has 0 fully saturated rings. The van der Waals surface area contributed by atoms with Crippen LogP contribution in [-0.2, 0) is 11.3 Å². The highest BCUT2D eigenvalue weighted by Crippen LogP contribution is 2.12. The summed E-state index contributed by atoms with van der Waals surface area (Å²) in [6.45, 7) is 3.19. The van der Waals surface area contributed by atoms with E-state index < -0.39 is 0 Å². The molecule has 0 aromatic heterocycles. The zero-order valence-electron chi connectivity index (χ0n) is 11.6. The van der Waals surface area contributed by atoms with E-state index in [1.165, 1.54) is 0 Å². The summed E-state index contributed by atoms with van der Waals surface area (Å²) in [5, 5.41) is 0.720. The van der Waals surface area contributed by atoms with Crippen molar-refractivity contribution in [3.05, 3.63) is 34.9 Å². The normalized spacial score (nSPS) is 13.2. The van der Waals surface area contributed by atoms with Crippen molar-refractivity contribution in [2.24, 2.45) is 10.8 Å². The lowest BCUT2D eigenvalue weighted by molar-refractivity contribution is 0.185. The predicted octanol–water partition coefficient (Wildman–Crippen LogP) is 1.63. The number of nitrogens with zero attached hydrogens (tertiary/aromatic N) is 2. The van der Waals surface area contributed by atoms with Crippen LogP contribution in [0, 0.1) is 0 Å². The Bertz CT molecular complexity index is 425. The minimum Gasteiger partial charge on any atom is -0.382 e. The van der Waals surface area contributed by atoms with Crippen LogP contribution in [0.4, 0.5) is 0 Å². The van der Waals surface area contributed by atoms with Crippen LogP contribution < -0.4 is 11.3 Å². The maximum atomic E-state index is 5.96. The summed E-state index contributed by atoms with van der Waals surface area (Å²) in [6.07, 6.45) is 0. The topological polar surface area (TPSA) is 62.9 Å². The summed E-state index contributed by atoms with van der Waals surface area (Å²) < 4.78 is 5.05. The van der Waals surface area contributed by atoms with E-state index in [0.717, 1.165) is 10.6 Å². The maximum Gasteiger partial charge on any atom is 0.208 e. The van der Waals surface area contributed by atoms with Gasteiger partial charge in [0.2, 0.25) is 5.96 Å². The molecule has 1 aromatic rings. The third-order valence-corrected chi connectivity index (χ3v) is 2.79. The van der Waals surface area contributed by atoms with E-state index in [-0.39, 0.29) is 6.04 Å². The monoisotopic (exact) mass is 284 g/mol. The number of hydrogen-bond donors (Lipinski definition) is 2. The number of ether oxygens (including phenoxy) is 1. The Hall–Kier alpha value is -1.30. The van der Waals surface area contributed by atoms with E-state index in [9.17, 15) is 0 Å². The number of hydrazine groups is 1. The predicted molar refractivity (Wildman–Crippen MR) is 79.0 cm³/mol. The number of nitrogens with two attached hydrogens (primary N) is 1. The van der Waals surface area contributed by atoms with Gasteiger partial charge >= 0.3 is 0 Å². The standard InChI is InChI=1S/C13H21ClN4O/c1-10(9-19-3)16-13(17-15)18(2)8-11-5-4-6-12(14)7-11/h4-7,10H,8-9,15H2,1-3H3,(H,16,17). The summed E-state index contributed by atoms with van der Waals surface area (Å²) in [7, 11) is 3.57. The Morgan fingerprint density at radius 1 is 1.58 bits per heavy atom. The summed E-state index contributed by atoms with van der Waals surface area (Å²) in [5.41, 5.74) is 3.71. The third kappa shape index (κ3) is 5.46. The average Bonchev–Trinajstić information content (AvgIpc) is 2.36. The van der Waals surface area contributed by atoms with E-state index in [1.54, 1.807) is 7.11 Å². The van der Waals surface area contributed by atoms with Gasteiger partial charge in [0.25, 0.3) is 0 Å². The van der Waals surface area contributed by atoms with E-state index in [0.29, 0.717) is 19.1 Å². The SMILES string of the molecule is COCC(C)N=C(NN)N(C)Cc1cccc(Cl)c1. The molecule has 6 heteroatoms. The summed E-state index contributed by atoms with van der Waals surface area (Å²) in [6, 6.07) is 7.74. The molecule has 3 N–H and O–H groups in total. The summed E-state index contributed by atoms with van der Waals surface area (Å²) in [4.78, 5) is 6.38. The fourth-order valence-corrected chi connectivity index (χ4v) is 1.93. The molecule has 5 nitrogen and oxygen atoms in total. The molecule has 1 unspecified atom stereocenters. The minimum absolute atomic E-state index is 0.0397. The van der Waals surface area contributed by atoms with Crippen molar-refractivity contribution in [1.82, 2.24) is 10.3 Å². The molecule has 0 aliphatic rings. The highest BCUT2D eigenvalue weighted by molar-refractivity contribution is 6.30. The molecule has 1 atom stereocenters. The molecule has 0 saturated heterocycles. The fraction of sp³-hybridized carbons (Fsp3) is 0.462. The molecule has 19 heavy (non-hydrogen) atoms. The van der Waals surface area contributed by atoms with Crippen molar-refractivity contribution >= 4 is 17.6 Å². The molecule has 0 spiro atoms. The molecular weight excluding hydrogens is 264 g/mol.